The van der Waals surface area contributed by atoms with Crippen molar-refractivity contribution in [3.63, 3.8) is 0 Å². The quantitative estimate of drug-likeness (QED) is 0.840. The van der Waals surface area contributed by atoms with Gasteiger partial charge in [0, 0.05) is 17.8 Å². The zero-order chi connectivity index (χ0) is 14.0. The van der Waals surface area contributed by atoms with Crippen molar-refractivity contribution in [1.82, 2.24) is 0 Å². The molecule has 1 aromatic carbocycles. The molecule has 1 aromatic rings. The summed E-state index contributed by atoms with van der Waals surface area (Å²) in [5, 5.41) is 9.73. The molecule has 0 aliphatic carbocycles. The Labute approximate surface area is 110 Å². The van der Waals surface area contributed by atoms with E-state index in [4.69, 9.17) is 10.5 Å². The Morgan fingerprint density at radius 2 is 2.37 bits per heavy atom. The number of aliphatic hydroxyl groups excluding tert-OH is 1. The van der Waals surface area contributed by atoms with Gasteiger partial charge in [0.1, 0.15) is 11.9 Å². The van der Waals surface area contributed by atoms with Crippen LogP contribution < -0.4 is 10.6 Å². The topological polar surface area (TPSA) is 75.8 Å². The molecule has 5 nitrogen and oxygen atoms in total. The third kappa shape index (κ3) is 2.69. The second-order valence-electron chi connectivity index (χ2n) is 4.54. The summed E-state index contributed by atoms with van der Waals surface area (Å²) in [6.45, 7) is 2.52. The number of nitrogens with zero attached hydrogens (tertiary/aromatic N) is 1. The van der Waals surface area contributed by atoms with E-state index >= 15 is 0 Å². The number of hydrogen-bond donors (Lipinski definition) is 2. The molecular weight excluding hydrogens is 251 g/mol. The van der Waals surface area contributed by atoms with Crippen molar-refractivity contribution in [3.8, 4) is 0 Å². The molecular formula is C13H17FN2O3. The Kier molecular flexibility index (Phi) is 4.01. The maximum Gasteiger partial charge on any atom is 0.242 e. The molecule has 2 rings (SSSR count). The van der Waals surface area contributed by atoms with Crippen molar-refractivity contribution in [2.24, 2.45) is 5.73 Å². The van der Waals surface area contributed by atoms with Gasteiger partial charge in [0.2, 0.25) is 5.91 Å². The Morgan fingerprint density at radius 3 is 3.00 bits per heavy atom. The van der Waals surface area contributed by atoms with Crippen LogP contribution in [0.4, 0.5) is 10.1 Å². The van der Waals surface area contributed by atoms with Crippen LogP contribution in [0.25, 0.3) is 0 Å². The largest absolute Gasteiger partial charge is 0.389 e. The third-order valence-electron chi connectivity index (χ3n) is 3.21. The monoisotopic (exact) mass is 268 g/mol. The molecule has 2 atom stereocenters. The van der Waals surface area contributed by atoms with E-state index < -0.39 is 23.9 Å². The van der Waals surface area contributed by atoms with Gasteiger partial charge in [-0.05, 0) is 19.1 Å². The second kappa shape index (κ2) is 5.54. The first kappa shape index (κ1) is 13.8. The highest BCUT2D eigenvalue weighted by Crippen LogP contribution is 2.31. The number of aliphatic hydroxyl groups is 1. The lowest BCUT2D eigenvalue weighted by Gasteiger charge is -2.37. The molecule has 1 heterocycles. The molecule has 104 valence electrons. The molecule has 1 aliphatic rings. The smallest absolute Gasteiger partial charge is 0.242 e. The van der Waals surface area contributed by atoms with Crippen molar-refractivity contribution >= 4 is 11.6 Å². The number of ether oxygens (including phenoxy) is 1. The van der Waals surface area contributed by atoms with Gasteiger partial charge in [-0.15, -0.1) is 0 Å². The standard InChI is InChI=1S/C13H17FN2O3/c1-8(17)12-9(14)3-2-4-10(12)16-5-6-19-7-11(16)13(15)18/h2-4,8,11,17H,5-7H2,1H3,(H2,15,18)/t8-,11?/m0/s1. The zero-order valence-corrected chi connectivity index (χ0v) is 10.7. The molecule has 1 aliphatic heterocycles. The number of benzene rings is 1. The maximum absolute atomic E-state index is 13.8. The predicted molar refractivity (Wildman–Crippen MR) is 68.2 cm³/mol. The van der Waals surface area contributed by atoms with E-state index in [0.717, 1.165) is 0 Å². The van der Waals surface area contributed by atoms with Crippen LogP contribution in [0.1, 0.15) is 18.6 Å². The van der Waals surface area contributed by atoms with Gasteiger partial charge in [-0.2, -0.15) is 0 Å². The molecule has 1 unspecified atom stereocenters. The highest BCUT2D eigenvalue weighted by molar-refractivity contribution is 5.84. The molecule has 0 spiro atoms. The van der Waals surface area contributed by atoms with Crippen LogP contribution >= 0.6 is 0 Å². The molecule has 1 amide bonds. The van der Waals surface area contributed by atoms with Gasteiger partial charge in [-0.25, -0.2) is 4.39 Å². The summed E-state index contributed by atoms with van der Waals surface area (Å²) in [5.41, 5.74) is 6.01. The SMILES string of the molecule is C[C@H](O)c1c(F)cccc1N1CCOCC1C(N)=O. The Hall–Kier alpha value is -1.66. The van der Waals surface area contributed by atoms with Gasteiger partial charge in [-0.1, -0.05) is 6.07 Å². The lowest BCUT2D eigenvalue weighted by Crippen LogP contribution is -2.53. The Balaban J connectivity index is 2.44. The van der Waals surface area contributed by atoms with Gasteiger partial charge < -0.3 is 20.5 Å². The highest BCUT2D eigenvalue weighted by atomic mass is 19.1. The molecule has 0 saturated carbocycles. The first-order chi connectivity index (χ1) is 9.02. The van der Waals surface area contributed by atoms with Gasteiger partial charge in [0.05, 0.1) is 19.3 Å². The summed E-state index contributed by atoms with van der Waals surface area (Å²) in [6, 6.07) is 3.86. The number of carbonyl (C=O) groups is 1. The Bertz CT molecular complexity index is 479. The number of rotatable bonds is 3. The number of halogens is 1. The van der Waals surface area contributed by atoms with E-state index in [1.54, 1.807) is 17.0 Å². The van der Waals surface area contributed by atoms with Gasteiger partial charge >= 0.3 is 0 Å². The molecule has 0 radical (unpaired) electrons. The molecule has 1 fully saturated rings. The van der Waals surface area contributed by atoms with Crippen molar-refractivity contribution in [3.05, 3.63) is 29.6 Å². The minimum absolute atomic E-state index is 0.172. The fourth-order valence-corrected chi connectivity index (χ4v) is 2.32. The zero-order valence-electron chi connectivity index (χ0n) is 10.7. The molecule has 0 bridgehead atoms. The molecule has 1 saturated heterocycles. The van der Waals surface area contributed by atoms with Gasteiger partial charge in [0.25, 0.3) is 0 Å². The van der Waals surface area contributed by atoms with Crippen LogP contribution in [0, 0.1) is 5.82 Å². The highest BCUT2D eigenvalue weighted by Gasteiger charge is 2.30. The number of carbonyl (C=O) groups excluding carboxylic acids is 1. The summed E-state index contributed by atoms with van der Waals surface area (Å²) in [5.74, 6) is -1.03. The summed E-state index contributed by atoms with van der Waals surface area (Å²) in [6.07, 6.45) is -0.965. The van der Waals surface area contributed by atoms with Crippen molar-refractivity contribution in [2.45, 2.75) is 19.1 Å². The third-order valence-corrected chi connectivity index (χ3v) is 3.21. The number of primary amides is 1. The lowest BCUT2D eigenvalue weighted by atomic mass is 10.0. The van der Waals surface area contributed by atoms with Crippen LogP contribution in [0.15, 0.2) is 18.2 Å². The molecule has 6 heteroatoms. The minimum Gasteiger partial charge on any atom is -0.389 e. The van der Waals surface area contributed by atoms with E-state index in [0.29, 0.717) is 18.8 Å². The second-order valence-corrected chi connectivity index (χ2v) is 4.54. The van der Waals surface area contributed by atoms with Crippen LogP contribution in [-0.4, -0.2) is 36.8 Å². The summed E-state index contributed by atoms with van der Waals surface area (Å²) in [4.78, 5) is 13.1. The number of amides is 1. The van der Waals surface area contributed by atoms with Crippen molar-refractivity contribution in [2.75, 3.05) is 24.7 Å². The normalized spacial score (nSPS) is 21.2. The van der Waals surface area contributed by atoms with E-state index in [-0.39, 0.29) is 12.2 Å². The number of anilines is 1. The van der Waals surface area contributed by atoms with Crippen LogP contribution in [0.5, 0.6) is 0 Å². The summed E-state index contributed by atoms with van der Waals surface area (Å²) >= 11 is 0. The van der Waals surface area contributed by atoms with Crippen molar-refractivity contribution in [1.29, 1.82) is 0 Å². The van der Waals surface area contributed by atoms with Crippen molar-refractivity contribution < 1.29 is 19.0 Å². The van der Waals surface area contributed by atoms with Crippen LogP contribution in [0.2, 0.25) is 0 Å². The van der Waals surface area contributed by atoms with Gasteiger partial charge in [0.15, 0.2) is 0 Å². The fourth-order valence-electron chi connectivity index (χ4n) is 2.32. The van der Waals surface area contributed by atoms with E-state index in [2.05, 4.69) is 0 Å². The van der Waals surface area contributed by atoms with E-state index in [1.165, 1.54) is 13.0 Å². The molecule has 19 heavy (non-hydrogen) atoms. The minimum atomic E-state index is -0.965. The van der Waals surface area contributed by atoms with E-state index in [1.807, 2.05) is 0 Å². The number of nitrogens with two attached hydrogens (primary N) is 1. The van der Waals surface area contributed by atoms with Crippen LogP contribution in [0.3, 0.4) is 0 Å². The lowest BCUT2D eigenvalue weighted by molar-refractivity contribution is -0.121. The average molecular weight is 268 g/mol. The molecule has 3 N–H and O–H groups in total. The van der Waals surface area contributed by atoms with Gasteiger partial charge in [-0.3, -0.25) is 4.79 Å². The first-order valence-electron chi connectivity index (χ1n) is 6.12. The molecule has 0 aromatic heterocycles. The number of hydrogen-bond acceptors (Lipinski definition) is 4. The summed E-state index contributed by atoms with van der Waals surface area (Å²) < 4.78 is 19.1. The average Bonchev–Trinajstić information content (AvgIpc) is 2.37. The fraction of sp³-hybridized carbons (Fsp3) is 0.462. The van der Waals surface area contributed by atoms with E-state index in [9.17, 15) is 14.3 Å². The van der Waals surface area contributed by atoms with Crippen LogP contribution in [-0.2, 0) is 9.53 Å². The Morgan fingerprint density at radius 1 is 1.63 bits per heavy atom. The predicted octanol–water partition coefficient (Wildman–Crippen LogP) is 0.569. The maximum atomic E-state index is 13.8. The number of morpholine rings is 1. The first-order valence-corrected chi connectivity index (χ1v) is 6.12. The summed E-state index contributed by atoms with van der Waals surface area (Å²) in [7, 11) is 0.